The maximum atomic E-state index is 12.1. The summed E-state index contributed by atoms with van der Waals surface area (Å²) >= 11 is 2.20. The van der Waals surface area contributed by atoms with Crippen molar-refractivity contribution in [1.82, 2.24) is 5.32 Å². The zero-order chi connectivity index (χ0) is 15.9. The molecule has 2 N–H and O–H groups in total. The van der Waals surface area contributed by atoms with Crippen LogP contribution in [0.5, 0.6) is 0 Å². The lowest BCUT2D eigenvalue weighted by atomic mass is 9.82. The molecule has 1 aliphatic rings. The SMILES string of the molecule is CCCC(I)C(=N)OCC(=O)NC(C)(CC)C1CCCC1. The van der Waals surface area contributed by atoms with Crippen molar-refractivity contribution in [3.05, 3.63) is 0 Å². The fourth-order valence-corrected chi connectivity index (χ4v) is 3.82. The van der Waals surface area contributed by atoms with Crippen LogP contribution in [0.3, 0.4) is 0 Å². The Hall–Kier alpha value is -0.330. The third kappa shape index (κ3) is 5.75. The Balaban J connectivity index is 2.42. The molecule has 0 saturated heterocycles. The molecule has 0 aromatic rings. The largest absolute Gasteiger partial charge is 0.470 e. The predicted octanol–water partition coefficient (Wildman–Crippen LogP) is 4.06. The quantitative estimate of drug-likeness (QED) is 0.275. The number of alkyl halides is 1. The number of hydrogen-bond donors (Lipinski definition) is 2. The van der Waals surface area contributed by atoms with Crippen LogP contribution >= 0.6 is 22.6 Å². The summed E-state index contributed by atoms with van der Waals surface area (Å²) in [6.07, 6.45) is 7.80. The Kier molecular flexibility index (Phi) is 7.98. The molecule has 0 aromatic carbocycles. The Morgan fingerprint density at radius 3 is 2.57 bits per heavy atom. The van der Waals surface area contributed by atoms with Crippen molar-refractivity contribution in [3.63, 3.8) is 0 Å². The number of amides is 1. The summed E-state index contributed by atoms with van der Waals surface area (Å²) in [6.45, 7) is 6.32. The highest BCUT2D eigenvalue weighted by molar-refractivity contribution is 14.1. The van der Waals surface area contributed by atoms with Crippen LogP contribution < -0.4 is 5.32 Å². The van der Waals surface area contributed by atoms with Gasteiger partial charge in [-0.25, -0.2) is 0 Å². The molecule has 21 heavy (non-hydrogen) atoms. The summed E-state index contributed by atoms with van der Waals surface area (Å²) in [7, 11) is 0. The van der Waals surface area contributed by atoms with Gasteiger partial charge in [0.2, 0.25) is 0 Å². The lowest BCUT2D eigenvalue weighted by Gasteiger charge is -2.35. The molecule has 4 nitrogen and oxygen atoms in total. The molecule has 0 radical (unpaired) electrons. The van der Waals surface area contributed by atoms with E-state index in [4.69, 9.17) is 10.1 Å². The van der Waals surface area contributed by atoms with Crippen LogP contribution in [0.25, 0.3) is 0 Å². The topological polar surface area (TPSA) is 62.2 Å². The molecule has 0 aliphatic heterocycles. The van der Waals surface area contributed by atoms with Crippen molar-refractivity contribution in [2.24, 2.45) is 5.92 Å². The number of rotatable bonds is 8. The first-order valence-corrected chi connectivity index (χ1v) is 9.33. The van der Waals surface area contributed by atoms with E-state index in [1.807, 2.05) is 0 Å². The van der Waals surface area contributed by atoms with Gasteiger partial charge >= 0.3 is 0 Å². The van der Waals surface area contributed by atoms with Crippen molar-refractivity contribution in [2.75, 3.05) is 6.61 Å². The predicted molar refractivity (Wildman–Crippen MR) is 95.2 cm³/mol. The molecule has 1 fully saturated rings. The number of hydrogen-bond acceptors (Lipinski definition) is 3. The molecule has 1 aliphatic carbocycles. The minimum Gasteiger partial charge on any atom is -0.470 e. The molecule has 0 aromatic heterocycles. The summed E-state index contributed by atoms with van der Waals surface area (Å²) in [5.41, 5.74) is -0.133. The summed E-state index contributed by atoms with van der Waals surface area (Å²) < 4.78 is 5.40. The van der Waals surface area contributed by atoms with Crippen LogP contribution in [-0.2, 0) is 9.53 Å². The molecule has 1 rings (SSSR count). The van der Waals surface area contributed by atoms with Crippen LogP contribution in [0.2, 0.25) is 0 Å². The third-order valence-corrected chi connectivity index (χ3v) is 5.79. The Morgan fingerprint density at radius 2 is 2.05 bits per heavy atom. The molecule has 0 spiro atoms. The third-order valence-electron chi connectivity index (χ3n) is 4.60. The lowest BCUT2D eigenvalue weighted by Crippen LogP contribution is -2.51. The van der Waals surface area contributed by atoms with Crippen LogP contribution in [-0.4, -0.2) is 27.9 Å². The van der Waals surface area contributed by atoms with Gasteiger partial charge in [0.25, 0.3) is 5.91 Å². The van der Waals surface area contributed by atoms with Crippen molar-refractivity contribution in [2.45, 2.75) is 75.2 Å². The van der Waals surface area contributed by atoms with Gasteiger partial charge in [-0.05, 0) is 38.5 Å². The molecule has 1 saturated carbocycles. The van der Waals surface area contributed by atoms with Gasteiger partial charge in [0.15, 0.2) is 12.5 Å². The summed E-state index contributed by atoms with van der Waals surface area (Å²) in [5, 5.41) is 11.0. The van der Waals surface area contributed by atoms with E-state index in [1.54, 1.807) is 0 Å². The molecular weight excluding hydrogens is 379 g/mol. The van der Waals surface area contributed by atoms with Crippen molar-refractivity contribution in [3.8, 4) is 0 Å². The highest BCUT2D eigenvalue weighted by Crippen LogP contribution is 2.35. The van der Waals surface area contributed by atoms with E-state index in [-0.39, 0.29) is 27.9 Å². The molecular formula is C16H29IN2O2. The van der Waals surface area contributed by atoms with E-state index in [0.29, 0.717) is 5.92 Å². The molecule has 2 atom stereocenters. The zero-order valence-electron chi connectivity index (χ0n) is 13.5. The summed E-state index contributed by atoms with van der Waals surface area (Å²) in [6, 6.07) is 0. The van der Waals surface area contributed by atoms with E-state index in [1.165, 1.54) is 25.7 Å². The van der Waals surface area contributed by atoms with Crippen LogP contribution in [0.1, 0.15) is 65.7 Å². The maximum Gasteiger partial charge on any atom is 0.258 e. The smallest absolute Gasteiger partial charge is 0.258 e. The van der Waals surface area contributed by atoms with Gasteiger partial charge in [-0.15, -0.1) is 0 Å². The first kappa shape index (κ1) is 18.7. The fraction of sp³-hybridized carbons (Fsp3) is 0.875. The van der Waals surface area contributed by atoms with E-state index < -0.39 is 0 Å². The monoisotopic (exact) mass is 408 g/mol. The minimum absolute atomic E-state index is 0.0373. The van der Waals surface area contributed by atoms with Gasteiger partial charge in [-0.1, -0.05) is 55.7 Å². The average molecular weight is 408 g/mol. The van der Waals surface area contributed by atoms with Crippen molar-refractivity contribution >= 4 is 34.4 Å². The van der Waals surface area contributed by atoms with Gasteiger partial charge in [0.05, 0.1) is 3.92 Å². The molecule has 1 amide bonds. The second kappa shape index (κ2) is 8.96. The van der Waals surface area contributed by atoms with Crippen LogP contribution in [0.4, 0.5) is 0 Å². The Labute approximate surface area is 142 Å². The van der Waals surface area contributed by atoms with E-state index in [2.05, 4.69) is 48.7 Å². The standard InChI is InChI=1S/C16H29IN2O2/c1-4-8-13(17)15(18)21-11-14(20)19-16(3,5-2)12-9-6-7-10-12/h12-13,18H,4-11H2,1-3H3,(H,19,20). The molecule has 5 heteroatoms. The van der Waals surface area contributed by atoms with Crippen LogP contribution in [0.15, 0.2) is 0 Å². The highest BCUT2D eigenvalue weighted by Gasteiger charge is 2.35. The number of ether oxygens (including phenoxy) is 1. The van der Waals surface area contributed by atoms with E-state index in [0.717, 1.165) is 19.3 Å². The number of halogens is 1. The molecule has 0 heterocycles. The lowest BCUT2D eigenvalue weighted by molar-refractivity contribution is -0.126. The molecule has 0 bridgehead atoms. The van der Waals surface area contributed by atoms with Crippen molar-refractivity contribution < 1.29 is 9.53 Å². The number of carbonyl (C=O) groups excluding carboxylic acids is 1. The van der Waals surface area contributed by atoms with E-state index in [9.17, 15) is 4.79 Å². The van der Waals surface area contributed by atoms with E-state index >= 15 is 0 Å². The summed E-state index contributed by atoms with van der Waals surface area (Å²) in [5.74, 6) is 0.686. The van der Waals surface area contributed by atoms with Gasteiger partial charge < -0.3 is 10.1 Å². The number of nitrogens with one attached hydrogen (secondary N) is 2. The van der Waals surface area contributed by atoms with Gasteiger partial charge in [-0.2, -0.15) is 0 Å². The second-order valence-corrected chi connectivity index (χ2v) is 7.71. The normalized spacial score (nSPS) is 19.8. The average Bonchev–Trinajstić information content (AvgIpc) is 2.99. The Bertz CT molecular complexity index is 356. The van der Waals surface area contributed by atoms with Gasteiger partial charge in [0, 0.05) is 5.54 Å². The zero-order valence-corrected chi connectivity index (χ0v) is 15.7. The highest BCUT2D eigenvalue weighted by atomic mass is 127. The van der Waals surface area contributed by atoms with Gasteiger partial charge in [0.1, 0.15) is 0 Å². The van der Waals surface area contributed by atoms with Crippen LogP contribution in [0, 0.1) is 11.3 Å². The first-order valence-electron chi connectivity index (χ1n) is 8.09. The Morgan fingerprint density at radius 1 is 1.43 bits per heavy atom. The van der Waals surface area contributed by atoms with Gasteiger partial charge in [-0.3, -0.25) is 10.2 Å². The molecule has 122 valence electrons. The fourth-order valence-electron chi connectivity index (χ4n) is 3.01. The minimum atomic E-state index is -0.133. The number of carbonyl (C=O) groups is 1. The second-order valence-electron chi connectivity index (χ2n) is 6.21. The first-order chi connectivity index (χ1) is 9.92. The molecule has 2 unspecified atom stereocenters. The summed E-state index contributed by atoms with van der Waals surface area (Å²) in [4.78, 5) is 12.1. The maximum absolute atomic E-state index is 12.1. The van der Waals surface area contributed by atoms with Crippen molar-refractivity contribution in [1.29, 1.82) is 5.41 Å².